The van der Waals surface area contributed by atoms with E-state index in [4.69, 9.17) is 0 Å². The number of sulfonamides is 1. The summed E-state index contributed by atoms with van der Waals surface area (Å²) in [7, 11) is -3.92. The van der Waals surface area contributed by atoms with E-state index in [1.165, 1.54) is 0 Å². The lowest BCUT2D eigenvalue weighted by molar-refractivity contribution is -0.123. The Kier molecular flexibility index (Phi) is 7.71. The zero-order chi connectivity index (χ0) is 22.4. The number of nitrogens with zero attached hydrogens (tertiary/aromatic N) is 1. The maximum atomic E-state index is 13.6. The average molecular weight is 440 g/mol. The molecule has 0 fully saturated rings. The molecule has 1 amide bonds. The highest BCUT2D eigenvalue weighted by Crippen LogP contribution is 2.39. The molecule has 0 aliphatic carbocycles. The lowest BCUT2D eigenvalue weighted by Crippen LogP contribution is -2.44. The van der Waals surface area contributed by atoms with Gasteiger partial charge in [0, 0.05) is 18.0 Å². The highest BCUT2D eigenvalue weighted by Gasteiger charge is 2.40. The van der Waals surface area contributed by atoms with Crippen molar-refractivity contribution in [2.45, 2.75) is 70.1 Å². The molecule has 1 unspecified atom stereocenters. The number of unbranched alkanes of at least 4 members (excludes halogenated alkanes) is 2. The van der Waals surface area contributed by atoms with E-state index in [9.17, 15) is 13.2 Å². The Morgan fingerprint density at radius 3 is 2.13 bits per heavy atom. The molecule has 0 aromatic heterocycles. The molecule has 0 saturated heterocycles. The Labute approximate surface area is 187 Å². The molecular formula is C26H33NO3S. The molecule has 2 aromatic carbocycles. The fraction of sp³-hybridized carbons (Fsp3) is 0.423. The second-order valence-corrected chi connectivity index (χ2v) is 10.2. The summed E-state index contributed by atoms with van der Waals surface area (Å²) in [4.78, 5) is 13.7. The molecule has 2 aromatic rings. The quantitative estimate of drug-likeness (QED) is 0.482. The van der Waals surface area contributed by atoms with Gasteiger partial charge in [-0.15, -0.1) is 0 Å². The van der Waals surface area contributed by atoms with Crippen LogP contribution in [0, 0.1) is 6.92 Å². The summed E-state index contributed by atoms with van der Waals surface area (Å²) in [5.41, 5.74) is 3.88. The molecule has 166 valence electrons. The number of amides is 1. The third-order valence-electron chi connectivity index (χ3n) is 6.03. The van der Waals surface area contributed by atoms with Crippen molar-refractivity contribution < 1.29 is 13.2 Å². The molecular weight excluding hydrogens is 406 g/mol. The van der Waals surface area contributed by atoms with Crippen LogP contribution in [0.3, 0.4) is 0 Å². The molecule has 5 heteroatoms. The van der Waals surface area contributed by atoms with Gasteiger partial charge in [-0.1, -0.05) is 80.3 Å². The van der Waals surface area contributed by atoms with Crippen molar-refractivity contribution >= 4 is 15.9 Å². The van der Waals surface area contributed by atoms with Crippen molar-refractivity contribution in [3.8, 4) is 0 Å². The molecule has 1 aliphatic heterocycles. The summed E-state index contributed by atoms with van der Waals surface area (Å²) in [6, 6.07) is 16.7. The first-order valence-electron chi connectivity index (χ1n) is 11.3. The van der Waals surface area contributed by atoms with Crippen LogP contribution in [0.25, 0.3) is 0 Å². The van der Waals surface area contributed by atoms with Gasteiger partial charge in [-0.25, -0.2) is 12.7 Å². The van der Waals surface area contributed by atoms with Crippen LogP contribution in [-0.2, 0) is 14.8 Å². The molecule has 0 saturated carbocycles. The largest absolute Gasteiger partial charge is 0.268 e. The van der Waals surface area contributed by atoms with Crippen LogP contribution in [-0.4, -0.2) is 25.2 Å². The van der Waals surface area contributed by atoms with E-state index in [0.717, 1.165) is 53.1 Å². The topological polar surface area (TPSA) is 54.5 Å². The van der Waals surface area contributed by atoms with E-state index in [0.29, 0.717) is 12.0 Å². The summed E-state index contributed by atoms with van der Waals surface area (Å²) in [5, 5.41) is 0. The van der Waals surface area contributed by atoms with E-state index in [-0.39, 0.29) is 23.3 Å². The van der Waals surface area contributed by atoms with Crippen LogP contribution >= 0.6 is 0 Å². The number of benzene rings is 2. The van der Waals surface area contributed by atoms with Gasteiger partial charge >= 0.3 is 0 Å². The number of carbonyl (C=O) groups excluding carboxylic acids is 1. The predicted molar refractivity (Wildman–Crippen MR) is 125 cm³/mol. The summed E-state index contributed by atoms with van der Waals surface area (Å²) in [5.74, 6) is -0.440. The Morgan fingerprint density at radius 1 is 0.903 bits per heavy atom. The molecule has 3 rings (SSSR count). The van der Waals surface area contributed by atoms with Crippen molar-refractivity contribution in [2.75, 3.05) is 6.54 Å². The van der Waals surface area contributed by atoms with Gasteiger partial charge in [0.1, 0.15) is 0 Å². The van der Waals surface area contributed by atoms with E-state index >= 15 is 0 Å². The van der Waals surface area contributed by atoms with Crippen molar-refractivity contribution in [3.63, 3.8) is 0 Å². The third-order valence-corrected chi connectivity index (χ3v) is 7.80. The number of hydrogen-bond acceptors (Lipinski definition) is 3. The summed E-state index contributed by atoms with van der Waals surface area (Å²) in [6.45, 7) is 6.31. The minimum absolute atomic E-state index is 0.0995. The van der Waals surface area contributed by atoms with Gasteiger partial charge in [0.2, 0.25) is 0 Å². The first kappa shape index (κ1) is 23.3. The molecule has 0 radical (unpaired) electrons. The van der Waals surface area contributed by atoms with Crippen molar-refractivity contribution in [1.29, 1.82) is 0 Å². The zero-order valence-electron chi connectivity index (χ0n) is 18.8. The van der Waals surface area contributed by atoms with Crippen molar-refractivity contribution in [2.24, 2.45) is 0 Å². The van der Waals surface area contributed by atoms with E-state index in [1.807, 2.05) is 37.3 Å². The van der Waals surface area contributed by atoms with Gasteiger partial charge in [0.05, 0.1) is 4.90 Å². The monoisotopic (exact) mass is 439 g/mol. The molecule has 1 heterocycles. The molecule has 1 atom stereocenters. The lowest BCUT2D eigenvalue weighted by atomic mass is 9.81. The summed E-state index contributed by atoms with van der Waals surface area (Å²) < 4.78 is 28.1. The molecule has 1 aliphatic rings. The summed E-state index contributed by atoms with van der Waals surface area (Å²) in [6.07, 6.45) is 5.31. The van der Waals surface area contributed by atoms with Crippen LogP contribution < -0.4 is 0 Å². The molecule has 0 N–H and O–H groups in total. The molecule has 4 nitrogen and oxygen atoms in total. The van der Waals surface area contributed by atoms with Crippen LogP contribution in [0.4, 0.5) is 0 Å². The number of carbonyl (C=O) groups is 1. The predicted octanol–water partition coefficient (Wildman–Crippen LogP) is 5.99. The fourth-order valence-corrected chi connectivity index (χ4v) is 5.62. The van der Waals surface area contributed by atoms with Crippen molar-refractivity contribution in [1.82, 2.24) is 4.31 Å². The van der Waals surface area contributed by atoms with Crippen LogP contribution in [0.2, 0.25) is 0 Å². The smallest absolute Gasteiger partial charge is 0.266 e. The Morgan fingerprint density at radius 2 is 1.52 bits per heavy atom. The van der Waals surface area contributed by atoms with E-state index in [2.05, 4.69) is 13.8 Å². The maximum absolute atomic E-state index is 13.6. The number of rotatable bonds is 9. The van der Waals surface area contributed by atoms with Gasteiger partial charge in [-0.3, -0.25) is 4.79 Å². The van der Waals surface area contributed by atoms with Gasteiger partial charge < -0.3 is 0 Å². The third kappa shape index (κ3) is 5.09. The lowest BCUT2D eigenvalue weighted by Gasteiger charge is -2.36. The highest BCUT2D eigenvalue weighted by molar-refractivity contribution is 7.89. The number of aryl methyl sites for hydroxylation is 1. The average Bonchev–Trinajstić information content (AvgIpc) is 2.77. The maximum Gasteiger partial charge on any atom is 0.266 e. The van der Waals surface area contributed by atoms with Gasteiger partial charge in [0.15, 0.2) is 0 Å². The second kappa shape index (κ2) is 10.3. The van der Waals surface area contributed by atoms with Crippen LogP contribution in [0.1, 0.15) is 69.4 Å². The Hall–Kier alpha value is -2.40. The first-order valence-corrected chi connectivity index (χ1v) is 12.7. The van der Waals surface area contributed by atoms with Crippen molar-refractivity contribution in [3.05, 3.63) is 76.9 Å². The molecule has 31 heavy (non-hydrogen) atoms. The van der Waals surface area contributed by atoms with Gasteiger partial charge in [-0.05, 0) is 50.3 Å². The fourth-order valence-electron chi connectivity index (χ4n) is 4.21. The Balaban J connectivity index is 2.12. The van der Waals surface area contributed by atoms with Crippen LogP contribution in [0.15, 0.2) is 70.6 Å². The Bertz CT molecular complexity index is 1020. The standard InChI is InChI=1S/C26H33NO3S/c1-4-6-13-23-24(14-7-5-2)26(28)27(19-25(23)21-11-9-8-10-12-21)31(29,30)22-17-15-20(3)16-18-22/h8-12,15-18,25H,4-7,13-14,19H2,1-3H3. The minimum atomic E-state index is -3.92. The van der Waals surface area contributed by atoms with Gasteiger partial charge in [0.25, 0.3) is 15.9 Å². The summed E-state index contributed by atoms with van der Waals surface area (Å²) >= 11 is 0. The molecule has 0 bridgehead atoms. The minimum Gasteiger partial charge on any atom is -0.268 e. The van der Waals surface area contributed by atoms with Gasteiger partial charge in [-0.2, -0.15) is 0 Å². The zero-order valence-corrected chi connectivity index (χ0v) is 19.6. The van der Waals surface area contributed by atoms with E-state index < -0.39 is 10.0 Å². The SMILES string of the molecule is CCCCC1=C(CCCC)C(c2ccccc2)CN(S(=O)(=O)c2ccc(C)cc2)C1=O. The van der Waals surface area contributed by atoms with Crippen LogP contribution in [0.5, 0.6) is 0 Å². The van der Waals surface area contributed by atoms with E-state index in [1.54, 1.807) is 24.3 Å². The number of hydrogen-bond donors (Lipinski definition) is 0. The molecule has 0 spiro atoms. The highest BCUT2D eigenvalue weighted by atomic mass is 32.2. The first-order chi connectivity index (χ1) is 14.9. The second-order valence-electron chi connectivity index (χ2n) is 8.33. The normalized spacial score (nSPS) is 17.3.